The second-order valence-corrected chi connectivity index (χ2v) is 3.05. The van der Waals surface area contributed by atoms with Crippen LogP contribution < -0.4 is 0 Å². The summed E-state index contributed by atoms with van der Waals surface area (Å²) in [6.07, 6.45) is -0.543. The van der Waals surface area contributed by atoms with Gasteiger partial charge in [-0.2, -0.15) is 0 Å². The zero-order chi connectivity index (χ0) is 10.2. The van der Waals surface area contributed by atoms with E-state index in [2.05, 4.69) is 0 Å². The summed E-state index contributed by atoms with van der Waals surface area (Å²) in [5.74, 6) is -0.187. The van der Waals surface area contributed by atoms with Crippen molar-refractivity contribution in [2.75, 3.05) is 14.1 Å². The molecule has 13 heavy (non-hydrogen) atoms. The molecule has 1 rings (SSSR count). The Labute approximate surface area is 76.5 Å². The van der Waals surface area contributed by atoms with Crippen molar-refractivity contribution in [1.82, 2.24) is 10.0 Å². The summed E-state index contributed by atoms with van der Waals surface area (Å²) < 4.78 is 4.82. The third kappa shape index (κ3) is 1.49. The number of hydrogen-bond acceptors (Lipinski definition) is 3. The van der Waals surface area contributed by atoms with Crippen LogP contribution in [0.2, 0.25) is 0 Å². The minimum atomic E-state index is -0.543. The van der Waals surface area contributed by atoms with E-state index < -0.39 is 6.09 Å². The number of rotatable bonds is 0. The summed E-state index contributed by atoms with van der Waals surface area (Å²) in [5.41, 5.74) is 0.693. The zero-order valence-corrected chi connectivity index (χ0v) is 8.12. The van der Waals surface area contributed by atoms with Crippen LogP contribution in [-0.4, -0.2) is 36.1 Å². The van der Waals surface area contributed by atoms with Gasteiger partial charge in [0.15, 0.2) is 5.76 Å². The number of carbonyl (C=O) groups excluding carboxylic acids is 2. The maximum absolute atomic E-state index is 11.5. The van der Waals surface area contributed by atoms with Crippen LogP contribution in [0.15, 0.2) is 11.3 Å². The van der Waals surface area contributed by atoms with Gasteiger partial charge in [0, 0.05) is 14.1 Å². The molecule has 0 radical (unpaired) electrons. The van der Waals surface area contributed by atoms with Crippen molar-refractivity contribution in [2.45, 2.75) is 13.8 Å². The first-order valence-electron chi connectivity index (χ1n) is 3.86. The highest BCUT2D eigenvalue weighted by molar-refractivity contribution is 5.97. The molecule has 0 unspecified atom stereocenters. The molecule has 0 saturated carbocycles. The summed E-state index contributed by atoms with van der Waals surface area (Å²) in [6, 6.07) is 0. The molecule has 5 heteroatoms. The van der Waals surface area contributed by atoms with Crippen molar-refractivity contribution in [1.29, 1.82) is 0 Å². The molecule has 1 aliphatic rings. The number of cyclic esters (lactones) is 1. The van der Waals surface area contributed by atoms with E-state index in [0.717, 1.165) is 5.01 Å². The normalized spacial score (nSPS) is 17.7. The summed E-state index contributed by atoms with van der Waals surface area (Å²) >= 11 is 0. The fourth-order valence-electron chi connectivity index (χ4n) is 0.919. The lowest BCUT2D eigenvalue weighted by atomic mass is 10.2. The number of amides is 2. The first-order chi connectivity index (χ1) is 5.95. The van der Waals surface area contributed by atoms with E-state index in [1.165, 1.54) is 19.1 Å². The lowest BCUT2D eigenvalue weighted by Crippen LogP contribution is -2.50. The van der Waals surface area contributed by atoms with Crippen LogP contribution in [-0.2, 0) is 9.53 Å². The summed E-state index contributed by atoms with van der Waals surface area (Å²) in [6.45, 7) is 3.44. The molecule has 0 aromatic rings. The number of carbonyl (C=O) groups is 2. The van der Waals surface area contributed by atoms with Gasteiger partial charge in [0.25, 0.3) is 0 Å². The Hall–Kier alpha value is -1.52. The lowest BCUT2D eigenvalue weighted by molar-refractivity contribution is -0.145. The predicted octanol–water partition coefficient (Wildman–Crippen LogP) is 0.736. The highest BCUT2D eigenvalue weighted by atomic mass is 16.6. The molecule has 1 heterocycles. The van der Waals surface area contributed by atoms with E-state index in [0.29, 0.717) is 5.57 Å². The molecule has 0 aliphatic carbocycles. The SMILES string of the molecule is CC(C)=C1OC(=O)N(C)N(C)C1=O. The van der Waals surface area contributed by atoms with Gasteiger partial charge < -0.3 is 4.74 Å². The number of ether oxygens (including phenoxy) is 1. The van der Waals surface area contributed by atoms with Crippen LogP contribution in [0.3, 0.4) is 0 Å². The molecule has 1 fully saturated rings. The third-order valence-electron chi connectivity index (χ3n) is 1.85. The molecular formula is C8H12N2O3. The molecule has 72 valence electrons. The van der Waals surface area contributed by atoms with Gasteiger partial charge in [-0.15, -0.1) is 0 Å². The lowest BCUT2D eigenvalue weighted by Gasteiger charge is -2.32. The first-order valence-corrected chi connectivity index (χ1v) is 3.86. The van der Waals surface area contributed by atoms with Gasteiger partial charge in [-0.05, 0) is 19.4 Å². The van der Waals surface area contributed by atoms with E-state index in [-0.39, 0.29) is 11.7 Å². The smallest absolute Gasteiger partial charge is 0.403 e. The maximum atomic E-state index is 11.5. The second kappa shape index (κ2) is 3.08. The van der Waals surface area contributed by atoms with Crippen molar-refractivity contribution < 1.29 is 14.3 Å². The van der Waals surface area contributed by atoms with Crippen molar-refractivity contribution >= 4 is 12.0 Å². The van der Waals surface area contributed by atoms with Crippen LogP contribution in [0.1, 0.15) is 13.8 Å². The monoisotopic (exact) mass is 184 g/mol. The molecule has 0 N–H and O–H groups in total. The third-order valence-corrected chi connectivity index (χ3v) is 1.85. The van der Waals surface area contributed by atoms with Gasteiger partial charge in [-0.1, -0.05) is 0 Å². The van der Waals surface area contributed by atoms with Crippen molar-refractivity contribution in [3.63, 3.8) is 0 Å². The Morgan fingerprint density at radius 2 is 1.69 bits per heavy atom. The molecule has 0 aromatic heterocycles. The fourth-order valence-corrected chi connectivity index (χ4v) is 0.919. The first kappa shape index (κ1) is 9.57. The average molecular weight is 184 g/mol. The van der Waals surface area contributed by atoms with Gasteiger partial charge in [0.2, 0.25) is 0 Å². The highest BCUT2D eigenvalue weighted by Crippen LogP contribution is 2.16. The molecular weight excluding hydrogens is 172 g/mol. The van der Waals surface area contributed by atoms with E-state index in [4.69, 9.17) is 4.74 Å². The zero-order valence-electron chi connectivity index (χ0n) is 8.12. The van der Waals surface area contributed by atoms with Crippen LogP contribution >= 0.6 is 0 Å². The van der Waals surface area contributed by atoms with Crippen molar-refractivity contribution in [3.05, 3.63) is 11.3 Å². The Bertz CT molecular complexity index is 292. The summed E-state index contributed by atoms with van der Waals surface area (Å²) in [4.78, 5) is 22.6. The maximum Gasteiger partial charge on any atom is 0.434 e. The number of likely N-dealkylation sites (N-methyl/N-ethyl adjacent to an activating group) is 1. The molecule has 0 spiro atoms. The largest absolute Gasteiger partial charge is 0.434 e. The van der Waals surface area contributed by atoms with Gasteiger partial charge in [-0.3, -0.25) is 4.79 Å². The van der Waals surface area contributed by atoms with Gasteiger partial charge in [0.1, 0.15) is 0 Å². The average Bonchev–Trinajstić information content (AvgIpc) is 2.07. The molecule has 2 amide bonds. The number of hydrazine groups is 1. The van der Waals surface area contributed by atoms with Gasteiger partial charge in [-0.25, -0.2) is 14.8 Å². The molecule has 0 atom stereocenters. The van der Waals surface area contributed by atoms with Crippen LogP contribution in [0, 0.1) is 0 Å². The van der Waals surface area contributed by atoms with Crippen LogP contribution in [0.5, 0.6) is 0 Å². The molecule has 5 nitrogen and oxygen atoms in total. The Balaban J connectivity index is 3.03. The predicted molar refractivity (Wildman–Crippen MR) is 45.4 cm³/mol. The molecule has 0 bridgehead atoms. The van der Waals surface area contributed by atoms with Gasteiger partial charge >= 0.3 is 12.0 Å². The van der Waals surface area contributed by atoms with E-state index in [1.807, 2.05) is 0 Å². The summed E-state index contributed by atoms with van der Waals surface area (Å²) in [5, 5.41) is 2.34. The number of hydrogen-bond donors (Lipinski definition) is 0. The fraction of sp³-hybridized carbons (Fsp3) is 0.500. The Morgan fingerprint density at radius 3 is 2.15 bits per heavy atom. The van der Waals surface area contributed by atoms with E-state index in [9.17, 15) is 9.59 Å². The van der Waals surface area contributed by atoms with Crippen LogP contribution in [0.25, 0.3) is 0 Å². The standard InChI is InChI=1S/C8H12N2O3/c1-5(2)6-7(11)9(3)10(4)8(12)13-6/h1-4H3. The molecule has 1 aliphatic heterocycles. The second-order valence-electron chi connectivity index (χ2n) is 3.05. The number of allylic oxidation sites excluding steroid dienone is 1. The molecule has 0 aromatic carbocycles. The van der Waals surface area contributed by atoms with Crippen molar-refractivity contribution in [2.24, 2.45) is 0 Å². The minimum absolute atomic E-state index is 0.116. The topological polar surface area (TPSA) is 49.9 Å². The van der Waals surface area contributed by atoms with Gasteiger partial charge in [0.05, 0.1) is 0 Å². The van der Waals surface area contributed by atoms with E-state index >= 15 is 0 Å². The van der Waals surface area contributed by atoms with Crippen molar-refractivity contribution in [3.8, 4) is 0 Å². The molecule has 1 saturated heterocycles. The quantitative estimate of drug-likeness (QED) is 0.521. The van der Waals surface area contributed by atoms with E-state index in [1.54, 1.807) is 13.8 Å². The number of nitrogens with zero attached hydrogens (tertiary/aromatic N) is 2. The highest BCUT2D eigenvalue weighted by Gasteiger charge is 2.32. The van der Waals surface area contributed by atoms with Crippen LogP contribution in [0.4, 0.5) is 4.79 Å². The summed E-state index contributed by atoms with van der Waals surface area (Å²) in [7, 11) is 2.99. The Morgan fingerprint density at radius 1 is 1.15 bits per heavy atom. The Kier molecular flexibility index (Phi) is 2.27. The minimum Gasteiger partial charge on any atom is -0.403 e.